The Morgan fingerprint density at radius 1 is 0.900 bits per heavy atom. The van der Waals surface area contributed by atoms with Gasteiger partial charge in [-0.3, -0.25) is 4.79 Å². The number of aryl methyl sites for hydroxylation is 1. The highest BCUT2D eigenvalue weighted by molar-refractivity contribution is 5.97. The molecule has 156 valence electrons. The van der Waals surface area contributed by atoms with E-state index in [4.69, 9.17) is 4.74 Å². The highest BCUT2D eigenvalue weighted by Crippen LogP contribution is 2.26. The molecule has 0 saturated heterocycles. The zero-order valence-corrected chi connectivity index (χ0v) is 18.3. The van der Waals surface area contributed by atoms with Crippen molar-refractivity contribution in [3.8, 4) is 5.69 Å². The van der Waals surface area contributed by atoms with Crippen molar-refractivity contribution in [1.82, 2.24) is 9.78 Å². The molecule has 0 bridgehead atoms. The summed E-state index contributed by atoms with van der Waals surface area (Å²) in [5.41, 5.74) is 7.21. The van der Waals surface area contributed by atoms with E-state index in [1.807, 2.05) is 71.9 Å². The monoisotopic (exact) mass is 405 g/mol. The molecule has 0 saturated carbocycles. The van der Waals surface area contributed by atoms with E-state index in [-0.39, 0.29) is 6.61 Å². The van der Waals surface area contributed by atoms with Gasteiger partial charge in [0.25, 0.3) is 5.91 Å². The van der Waals surface area contributed by atoms with Crippen LogP contribution in [0, 0.1) is 41.5 Å². The second kappa shape index (κ2) is 8.53. The minimum Gasteiger partial charge on any atom is -0.452 e. The first-order chi connectivity index (χ1) is 14.2. The van der Waals surface area contributed by atoms with E-state index in [1.165, 1.54) is 5.56 Å². The average Bonchev–Trinajstić information content (AvgIpc) is 3.10. The number of rotatable bonds is 5. The number of nitrogens with one attached hydrogen (secondary N) is 1. The molecule has 0 fully saturated rings. The van der Waals surface area contributed by atoms with Crippen molar-refractivity contribution in [2.45, 2.75) is 41.5 Å². The highest BCUT2D eigenvalue weighted by Gasteiger charge is 2.20. The molecule has 2 aromatic carbocycles. The fourth-order valence-electron chi connectivity index (χ4n) is 3.54. The SMILES string of the molecule is Cc1cc(NC(=O)COC(=O)c2c(C)c(C)c(C)c(C)c2C)n(-c2ccccc2)n1. The number of esters is 1. The molecule has 0 spiro atoms. The van der Waals surface area contributed by atoms with Crippen molar-refractivity contribution >= 4 is 17.7 Å². The molecule has 6 nitrogen and oxygen atoms in total. The van der Waals surface area contributed by atoms with Crippen molar-refractivity contribution in [3.05, 3.63) is 75.5 Å². The molecule has 1 amide bonds. The summed E-state index contributed by atoms with van der Waals surface area (Å²) >= 11 is 0. The lowest BCUT2D eigenvalue weighted by Crippen LogP contribution is -2.23. The number of carbonyl (C=O) groups is 2. The number of carbonyl (C=O) groups excluding carboxylic acids is 2. The minimum atomic E-state index is -0.487. The van der Waals surface area contributed by atoms with E-state index in [0.29, 0.717) is 11.4 Å². The Kier molecular flexibility index (Phi) is 6.06. The van der Waals surface area contributed by atoms with Gasteiger partial charge in [-0.25, -0.2) is 9.48 Å². The first-order valence-corrected chi connectivity index (χ1v) is 9.86. The van der Waals surface area contributed by atoms with Gasteiger partial charge in [-0.2, -0.15) is 5.10 Å². The number of para-hydroxylation sites is 1. The Labute approximate surface area is 176 Å². The quantitative estimate of drug-likeness (QED) is 0.634. The third-order valence-corrected chi connectivity index (χ3v) is 5.64. The Morgan fingerprint density at radius 3 is 2.07 bits per heavy atom. The molecule has 0 aliphatic carbocycles. The number of amides is 1. The number of hydrogen-bond donors (Lipinski definition) is 1. The van der Waals surface area contributed by atoms with Crippen molar-refractivity contribution in [2.75, 3.05) is 11.9 Å². The summed E-state index contributed by atoms with van der Waals surface area (Å²) in [6.07, 6.45) is 0. The van der Waals surface area contributed by atoms with Crippen LogP contribution in [0.5, 0.6) is 0 Å². The molecular weight excluding hydrogens is 378 g/mol. The van der Waals surface area contributed by atoms with Gasteiger partial charge in [-0.05, 0) is 81.5 Å². The van der Waals surface area contributed by atoms with Crippen molar-refractivity contribution in [2.24, 2.45) is 0 Å². The average molecular weight is 405 g/mol. The predicted molar refractivity (Wildman–Crippen MR) is 117 cm³/mol. The third-order valence-electron chi connectivity index (χ3n) is 5.64. The standard InChI is InChI=1S/C24H27N3O3/c1-14-12-21(27(26-14)20-10-8-7-9-11-20)25-22(28)13-30-24(29)23-18(5)16(3)15(2)17(4)19(23)6/h7-12H,13H2,1-6H3,(H,25,28). The summed E-state index contributed by atoms with van der Waals surface area (Å²) in [5, 5.41) is 7.20. The van der Waals surface area contributed by atoms with Gasteiger partial charge in [0.2, 0.25) is 0 Å². The smallest absolute Gasteiger partial charge is 0.339 e. The molecule has 30 heavy (non-hydrogen) atoms. The van der Waals surface area contributed by atoms with Crippen LogP contribution in [-0.4, -0.2) is 28.3 Å². The number of nitrogens with zero attached hydrogens (tertiary/aromatic N) is 2. The summed E-state index contributed by atoms with van der Waals surface area (Å²) in [5.74, 6) is -0.385. The molecule has 1 heterocycles. The van der Waals surface area contributed by atoms with E-state index in [9.17, 15) is 9.59 Å². The van der Waals surface area contributed by atoms with Gasteiger partial charge in [-0.15, -0.1) is 0 Å². The lowest BCUT2D eigenvalue weighted by atomic mass is 9.90. The van der Waals surface area contributed by atoms with Crippen LogP contribution in [0.2, 0.25) is 0 Å². The molecule has 1 N–H and O–H groups in total. The van der Waals surface area contributed by atoms with Crippen molar-refractivity contribution in [1.29, 1.82) is 0 Å². The normalized spacial score (nSPS) is 10.7. The van der Waals surface area contributed by atoms with Gasteiger partial charge in [0.1, 0.15) is 5.82 Å². The molecule has 0 radical (unpaired) electrons. The molecule has 1 aromatic heterocycles. The van der Waals surface area contributed by atoms with Gasteiger partial charge < -0.3 is 10.1 Å². The van der Waals surface area contributed by atoms with Gasteiger partial charge >= 0.3 is 5.97 Å². The number of ether oxygens (including phenoxy) is 1. The van der Waals surface area contributed by atoms with Gasteiger partial charge in [-0.1, -0.05) is 18.2 Å². The summed E-state index contributed by atoms with van der Waals surface area (Å²) in [6, 6.07) is 11.3. The minimum absolute atomic E-state index is 0.372. The molecule has 0 atom stereocenters. The fourth-order valence-corrected chi connectivity index (χ4v) is 3.54. The molecule has 6 heteroatoms. The first-order valence-electron chi connectivity index (χ1n) is 9.86. The molecule has 0 unspecified atom stereocenters. The predicted octanol–water partition coefficient (Wildman–Crippen LogP) is 4.52. The number of anilines is 1. The maximum absolute atomic E-state index is 12.7. The van der Waals surface area contributed by atoms with E-state index in [0.717, 1.165) is 33.6 Å². The summed E-state index contributed by atoms with van der Waals surface area (Å²) in [6.45, 7) is 11.3. The zero-order chi connectivity index (χ0) is 22.0. The fraction of sp³-hybridized carbons (Fsp3) is 0.292. The van der Waals surface area contributed by atoms with E-state index in [2.05, 4.69) is 10.4 Å². The lowest BCUT2D eigenvalue weighted by Gasteiger charge is -2.17. The largest absolute Gasteiger partial charge is 0.452 e. The van der Waals surface area contributed by atoms with Crippen LogP contribution in [0.25, 0.3) is 5.69 Å². The van der Waals surface area contributed by atoms with Crippen LogP contribution >= 0.6 is 0 Å². The first kappa shape index (κ1) is 21.3. The Bertz CT molecular complexity index is 1090. The number of hydrogen-bond acceptors (Lipinski definition) is 4. The van der Waals surface area contributed by atoms with Gasteiger partial charge in [0, 0.05) is 6.07 Å². The Balaban J connectivity index is 1.73. The van der Waals surface area contributed by atoms with E-state index >= 15 is 0 Å². The second-order valence-corrected chi connectivity index (χ2v) is 7.54. The zero-order valence-electron chi connectivity index (χ0n) is 18.3. The van der Waals surface area contributed by atoms with Crippen LogP contribution in [-0.2, 0) is 9.53 Å². The lowest BCUT2D eigenvalue weighted by molar-refractivity contribution is -0.119. The molecule has 0 aliphatic heterocycles. The van der Waals surface area contributed by atoms with Crippen molar-refractivity contribution in [3.63, 3.8) is 0 Å². The van der Waals surface area contributed by atoms with Crippen molar-refractivity contribution < 1.29 is 14.3 Å². The number of aromatic nitrogens is 2. The molecule has 3 aromatic rings. The van der Waals surface area contributed by atoms with Crippen LogP contribution in [0.3, 0.4) is 0 Å². The third kappa shape index (κ3) is 4.13. The Morgan fingerprint density at radius 2 is 1.47 bits per heavy atom. The Hall–Kier alpha value is -3.41. The highest BCUT2D eigenvalue weighted by atomic mass is 16.5. The second-order valence-electron chi connectivity index (χ2n) is 7.54. The van der Waals surface area contributed by atoms with Crippen LogP contribution in [0.4, 0.5) is 5.82 Å². The van der Waals surface area contributed by atoms with Crippen LogP contribution in [0.1, 0.15) is 43.9 Å². The molecule has 3 rings (SSSR count). The molecule has 0 aliphatic rings. The van der Waals surface area contributed by atoms with Gasteiger partial charge in [0.15, 0.2) is 6.61 Å². The summed E-state index contributed by atoms with van der Waals surface area (Å²) < 4.78 is 6.99. The number of benzene rings is 2. The van der Waals surface area contributed by atoms with E-state index < -0.39 is 11.9 Å². The topological polar surface area (TPSA) is 73.2 Å². The maximum atomic E-state index is 12.7. The molecular formula is C24H27N3O3. The summed E-state index contributed by atoms with van der Waals surface area (Å²) in [4.78, 5) is 25.2. The van der Waals surface area contributed by atoms with E-state index in [1.54, 1.807) is 10.7 Å². The van der Waals surface area contributed by atoms with Crippen LogP contribution < -0.4 is 5.32 Å². The maximum Gasteiger partial charge on any atom is 0.339 e. The van der Waals surface area contributed by atoms with Crippen LogP contribution in [0.15, 0.2) is 36.4 Å². The van der Waals surface area contributed by atoms with Gasteiger partial charge in [0.05, 0.1) is 16.9 Å². The summed E-state index contributed by atoms with van der Waals surface area (Å²) in [7, 11) is 0.